The van der Waals surface area contributed by atoms with Gasteiger partial charge in [-0.3, -0.25) is 0 Å². The highest BCUT2D eigenvalue weighted by molar-refractivity contribution is 7.87. The van der Waals surface area contributed by atoms with E-state index in [1.165, 1.54) is 0 Å². The molecule has 0 radical (unpaired) electrons. The molecule has 4 aromatic rings. The Morgan fingerprint density at radius 1 is 0.288 bits per heavy atom. The molecule has 1 heterocycles. The molecule has 0 amide bonds. The molecule has 0 aromatic heterocycles. The average molecular weight is 909 g/mol. The molecule has 326 valence electrons. The van der Waals surface area contributed by atoms with Gasteiger partial charge in [-0.25, -0.2) is 33.7 Å². The molecule has 1 aliphatic heterocycles. The number of rotatable bonds is 4. The highest BCUT2D eigenvalue weighted by atomic mass is 32.2. The maximum absolute atomic E-state index is 12.3. The van der Waals surface area contributed by atoms with E-state index < -0.39 is 81.6 Å². The molecule has 0 fully saturated rings. The van der Waals surface area contributed by atoms with Crippen LogP contribution in [0.15, 0.2) is 68.1 Å². The minimum Gasteiger partial charge on any atom is -0.744 e. The third-order valence-electron chi connectivity index (χ3n) is 8.15. The van der Waals surface area contributed by atoms with Gasteiger partial charge in [-0.1, -0.05) is 0 Å². The van der Waals surface area contributed by atoms with Crippen LogP contribution < -0.4 is 18.9 Å². The van der Waals surface area contributed by atoms with Gasteiger partial charge >= 0.3 is 0 Å². The average Bonchev–Trinajstić information content (AvgIpc) is 3.14. The SMILES string of the molecule is O=S(=O)([O-])c1ccc2c3c(S(=O)(=O)[O-])ccc(c13)OCCOCCOCCOCCOc1ccc(S(=O)(=O)[O-])c3c(ccc(S(=O)(=O)[O-])c13)OCCOCCOCCO2. The summed E-state index contributed by atoms with van der Waals surface area (Å²) in [6.07, 6.45) is 0. The summed E-state index contributed by atoms with van der Waals surface area (Å²) in [5.74, 6) is -1.01. The van der Waals surface area contributed by atoms with Crippen molar-refractivity contribution in [3.63, 3.8) is 0 Å². The van der Waals surface area contributed by atoms with Crippen LogP contribution in [0, 0.1) is 0 Å². The molecule has 0 aliphatic carbocycles. The van der Waals surface area contributed by atoms with Gasteiger partial charge in [0.2, 0.25) is 0 Å². The third-order valence-corrected chi connectivity index (χ3v) is 11.7. The standard InChI is InChI=1S/C34H40O21S4/c35-56(36,37)27-7-3-25-33-29(58(41,42)43)5-1-23(31(27)33)52-19-15-48-11-9-47-10-12-49-16-20-53-24-2-6-30(59(44,45)46)34-26(4-8-28(32(24)34)57(38,39)40)55-22-18-51-14-13-50-17-21-54-25/h1-8H,9-22H2,(H,35,36,37)(H,38,39,40)(H,41,42,43)(H,44,45,46)/p-4. The van der Waals surface area contributed by atoms with Gasteiger partial charge in [0.25, 0.3) is 0 Å². The molecule has 0 N–H and O–H groups in total. The van der Waals surface area contributed by atoms with Crippen molar-refractivity contribution in [3.8, 4) is 23.0 Å². The van der Waals surface area contributed by atoms with Crippen molar-refractivity contribution in [1.29, 1.82) is 0 Å². The topological polar surface area (TPSA) is 312 Å². The molecular formula is C34H36O21S4-4. The van der Waals surface area contributed by atoms with Crippen molar-refractivity contribution in [2.45, 2.75) is 19.6 Å². The molecule has 0 saturated carbocycles. The summed E-state index contributed by atoms with van der Waals surface area (Å²) in [5, 5.41) is -1.96. The van der Waals surface area contributed by atoms with E-state index in [2.05, 4.69) is 0 Å². The Bertz CT molecular complexity index is 2380. The van der Waals surface area contributed by atoms with E-state index in [4.69, 9.17) is 42.6 Å². The first kappa shape index (κ1) is 46.1. The normalized spacial score (nSPS) is 17.3. The van der Waals surface area contributed by atoms with Crippen LogP contribution in [0.4, 0.5) is 0 Å². The van der Waals surface area contributed by atoms with E-state index in [0.717, 1.165) is 48.5 Å². The van der Waals surface area contributed by atoms with Crippen molar-refractivity contribution in [2.75, 3.05) is 92.5 Å². The zero-order valence-corrected chi connectivity index (χ0v) is 34.0. The Balaban J connectivity index is 1.35. The summed E-state index contributed by atoms with van der Waals surface area (Å²) in [4.78, 5) is -3.45. The summed E-state index contributed by atoms with van der Waals surface area (Å²) in [6, 6.07) is 7.70. The fraction of sp³-hybridized carbons (Fsp3) is 0.412. The van der Waals surface area contributed by atoms with E-state index in [0.29, 0.717) is 0 Å². The summed E-state index contributed by atoms with van der Waals surface area (Å²) in [5.41, 5.74) is 0. The van der Waals surface area contributed by atoms with Crippen molar-refractivity contribution in [1.82, 2.24) is 0 Å². The third kappa shape index (κ3) is 12.3. The van der Waals surface area contributed by atoms with Crippen molar-refractivity contribution < 1.29 is 94.5 Å². The van der Waals surface area contributed by atoms with Gasteiger partial charge in [0.05, 0.1) is 85.7 Å². The molecule has 0 atom stereocenters. The van der Waals surface area contributed by atoms with Crippen LogP contribution in [0.5, 0.6) is 23.0 Å². The van der Waals surface area contributed by atoms with Gasteiger partial charge in [-0.05, 0) is 48.5 Å². The minimum absolute atomic E-state index is 0.0359. The van der Waals surface area contributed by atoms with Crippen LogP contribution in [-0.4, -0.2) is 144 Å². The molecule has 0 unspecified atom stereocenters. The second-order valence-electron chi connectivity index (χ2n) is 12.0. The quantitative estimate of drug-likeness (QED) is 0.257. The summed E-state index contributed by atoms with van der Waals surface area (Å²) in [7, 11) is -20.9. The highest BCUT2D eigenvalue weighted by Gasteiger charge is 2.24. The Hall–Kier alpha value is -3.96. The van der Waals surface area contributed by atoms with Gasteiger partial charge < -0.3 is 60.8 Å². The monoisotopic (exact) mass is 908 g/mol. The largest absolute Gasteiger partial charge is 0.744 e. The molecular weight excluding hydrogens is 873 g/mol. The van der Waals surface area contributed by atoms with Gasteiger partial charge in [-0.15, -0.1) is 0 Å². The fourth-order valence-corrected chi connectivity index (χ4v) is 8.51. The van der Waals surface area contributed by atoms with Gasteiger partial charge in [0, 0.05) is 21.5 Å². The predicted octanol–water partition coefficient (Wildman–Crippen LogP) is 0.921. The number of hydrogen-bond acceptors (Lipinski definition) is 21. The summed E-state index contributed by atoms with van der Waals surface area (Å²) >= 11 is 0. The molecule has 0 spiro atoms. The minimum atomic E-state index is -5.24. The second kappa shape index (κ2) is 20.1. The molecule has 8 bridgehead atoms. The van der Waals surface area contributed by atoms with Crippen LogP contribution >= 0.6 is 0 Å². The van der Waals surface area contributed by atoms with Crippen LogP contribution in [0.1, 0.15) is 0 Å². The number of hydrogen-bond donors (Lipinski definition) is 0. The molecule has 1 aliphatic rings. The zero-order valence-electron chi connectivity index (χ0n) is 30.7. The van der Waals surface area contributed by atoms with E-state index in [-0.39, 0.29) is 115 Å². The molecule has 4 aromatic carbocycles. The van der Waals surface area contributed by atoms with Crippen LogP contribution in [0.3, 0.4) is 0 Å². The lowest BCUT2D eigenvalue weighted by Gasteiger charge is -2.21. The number of benzene rings is 4. The molecule has 21 nitrogen and oxygen atoms in total. The lowest BCUT2D eigenvalue weighted by Crippen LogP contribution is -2.15. The number of ether oxygens (including phenoxy) is 9. The maximum Gasteiger partial charge on any atom is 0.128 e. The van der Waals surface area contributed by atoms with Gasteiger partial charge in [0.15, 0.2) is 0 Å². The fourth-order valence-electron chi connectivity index (χ4n) is 5.76. The lowest BCUT2D eigenvalue weighted by molar-refractivity contribution is 0.00511. The Morgan fingerprint density at radius 3 is 0.627 bits per heavy atom. The van der Waals surface area contributed by atoms with Crippen molar-refractivity contribution >= 4 is 62.0 Å². The summed E-state index contributed by atoms with van der Waals surface area (Å²) < 4.78 is 197. The van der Waals surface area contributed by atoms with Crippen LogP contribution in [0.2, 0.25) is 0 Å². The van der Waals surface area contributed by atoms with E-state index in [9.17, 15) is 51.9 Å². The Labute approximate surface area is 338 Å². The molecule has 59 heavy (non-hydrogen) atoms. The first-order valence-electron chi connectivity index (χ1n) is 17.3. The first-order chi connectivity index (χ1) is 27.9. The van der Waals surface area contributed by atoms with Crippen LogP contribution in [-0.2, 0) is 64.2 Å². The van der Waals surface area contributed by atoms with Gasteiger partial charge in [0.1, 0.15) is 89.9 Å². The second-order valence-corrected chi connectivity index (χ2v) is 17.4. The lowest BCUT2D eigenvalue weighted by atomic mass is 10.1. The molecule has 5 rings (SSSR count). The highest BCUT2D eigenvalue weighted by Crippen LogP contribution is 2.43. The Morgan fingerprint density at radius 2 is 0.458 bits per heavy atom. The Kier molecular flexibility index (Phi) is 15.7. The summed E-state index contributed by atoms with van der Waals surface area (Å²) in [6.45, 7) is -1.12. The smallest absolute Gasteiger partial charge is 0.128 e. The molecule has 0 saturated heterocycles. The van der Waals surface area contributed by atoms with Gasteiger partial charge in [-0.2, -0.15) is 0 Å². The van der Waals surface area contributed by atoms with Crippen molar-refractivity contribution in [2.24, 2.45) is 0 Å². The van der Waals surface area contributed by atoms with E-state index >= 15 is 0 Å². The van der Waals surface area contributed by atoms with Crippen LogP contribution in [0.25, 0.3) is 21.5 Å². The van der Waals surface area contributed by atoms with Crippen molar-refractivity contribution in [3.05, 3.63) is 48.5 Å². The van der Waals surface area contributed by atoms with E-state index in [1.54, 1.807) is 0 Å². The van der Waals surface area contributed by atoms with E-state index in [1.807, 2.05) is 0 Å². The molecule has 25 heteroatoms. The zero-order chi connectivity index (χ0) is 42.8. The predicted molar refractivity (Wildman–Crippen MR) is 196 cm³/mol. The first-order valence-corrected chi connectivity index (χ1v) is 23.0. The maximum atomic E-state index is 12.3.